The highest BCUT2D eigenvalue weighted by molar-refractivity contribution is 6.09. The van der Waals surface area contributed by atoms with Crippen LogP contribution in [0.25, 0.3) is 0 Å². The zero-order valence-corrected chi connectivity index (χ0v) is 25.5. The second kappa shape index (κ2) is 14.2. The topological polar surface area (TPSA) is 146 Å². The summed E-state index contributed by atoms with van der Waals surface area (Å²) >= 11 is 0. The number of rotatable bonds is 11. The van der Waals surface area contributed by atoms with Crippen LogP contribution in [0.5, 0.6) is 11.5 Å². The molecular formula is C36H34N4O7. The summed E-state index contributed by atoms with van der Waals surface area (Å²) in [5.74, 6) is -0.0487. The molecule has 2 aliphatic heterocycles. The van der Waals surface area contributed by atoms with Crippen LogP contribution in [0.15, 0.2) is 97.1 Å². The SMILES string of the molecule is O=C(Nc1ccc(C(=O)O)cc1)N[C@@H](Cc1ccc(C(=O)c2ccccc2)cc1)C(=O)N[C@H]1CCN(Cc2ccc3c(c2)OCO3)C1. The number of nitrogens with zero attached hydrogens (tertiary/aromatic N) is 1. The number of benzene rings is 4. The van der Waals surface area contributed by atoms with Crippen molar-refractivity contribution in [3.05, 3.63) is 125 Å². The molecule has 0 saturated carbocycles. The van der Waals surface area contributed by atoms with Crippen molar-refractivity contribution < 1.29 is 33.8 Å². The first-order valence-corrected chi connectivity index (χ1v) is 15.3. The largest absolute Gasteiger partial charge is 0.478 e. The van der Waals surface area contributed by atoms with Crippen LogP contribution < -0.4 is 25.4 Å². The molecule has 0 spiro atoms. The van der Waals surface area contributed by atoms with E-state index >= 15 is 0 Å². The van der Waals surface area contributed by atoms with Gasteiger partial charge in [-0.2, -0.15) is 0 Å². The summed E-state index contributed by atoms with van der Waals surface area (Å²) in [6.45, 7) is 2.35. The van der Waals surface area contributed by atoms with Crippen molar-refractivity contribution in [2.45, 2.75) is 31.5 Å². The second-order valence-corrected chi connectivity index (χ2v) is 11.5. The van der Waals surface area contributed by atoms with E-state index < -0.39 is 18.0 Å². The van der Waals surface area contributed by atoms with Crippen molar-refractivity contribution in [2.24, 2.45) is 0 Å². The van der Waals surface area contributed by atoms with Gasteiger partial charge in [0.05, 0.1) is 5.56 Å². The monoisotopic (exact) mass is 634 g/mol. The van der Waals surface area contributed by atoms with Crippen LogP contribution in [0.1, 0.15) is 43.8 Å². The molecule has 6 rings (SSSR count). The lowest BCUT2D eigenvalue weighted by Crippen LogP contribution is -2.52. The van der Waals surface area contributed by atoms with Crippen molar-refractivity contribution in [1.82, 2.24) is 15.5 Å². The second-order valence-electron chi connectivity index (χ2n) is 11.5. The number of carboxylic acids is 1. The molecule has 4 aromatic carbocycles. The molecular weight excluding hydrogens is 600 g/mol. The maximum atomic E-state index is 13.6. The van der Waals surface area contributed by atoms with Gasteiger partial charge in [0.2, 0.25) is 12.7 Å². The first-order valence-electron chi connectivity index (χ1n) is 15.3. The molecule has 0 unspecified atom stereocenters. The Bertz CT molecular complexity index is 1760. The van der Waals surface area contributed by atoms with E-state index in [4.69, 9.17) is 14.6 Å². The number of aromatic carboxylic acids is 1. The molecule has 3 amide bonds. The molecule has 1 fully saturated rings. The lowest BCUT2D eigenvalue weighted by Gasteiger charge is -2.22. The molecule has 0 radical (unpaired) electrons. The number of ether oxygens (including phenoxy) is 2. The Labute approximate surface area is 271 Å². The van der Waals surface area contributed by atoms with Crippen molar-refractivity contribution in [3.63, 3.8) is 0 Å². The average molecular weight is 635 g/mol. The first-order chi connectivity index (χ1) is 22.8. The smallest absolute Gasteiger partial charge is 0.335 e. The van der Waals surface area contributed by atoms with Crippen LogP contribution in [0.3, 0.4) is 0 Å². The number of carbonyl (C=O) groups excluding carboxylic acids is 3. The summed E-state index contributed by atoms with van der Waals surface area (Å²) < 4.78 is 10.9. The lowest BCUT2D eigenvalue weighted by molar-refractivity contribution is -0.123. The first kappa shape index (κ1) is 31.3. The van der Waals surface area contributed by atoms with Crippen LogP contribution in [0.4, 0.5) is 10.5 Å². The van der Waals surface area contributed by atoms with E-state index in [1.165, 1.54) is 24.3 Å². The Morgan fingerprint density at radius 3 is 2.23 bits per heavy atom. The minimum Gasteiger partial charge on any atom is -0.478 e. The number of likely N-dealkylation sites (tertiary alicyclic amines) is 1. The van der Waals surface area contributed by atoms with Crippen LogP contribution in [-0.4, -0.2) is 65.7 Å². The molecule has 0 bridgehead atoms. The number of carboxylic acid groups (broad SMARTS) is 1. The van der Waals surface area contributed by atoms with E-state index in [1.807, 2.05) is 36.4 Å². The van der Waals surface area contributed by atoms with Gasteiger partial charge in [0.15, 0.2) is 17.3 Å². The third kappa shape index (κ3) is 7.95. The minimum absolute atomic E-state index is 0.0894. The Balaban J connectivity index is 1.11. The summed E-state index contributed by atoms with van der Waals surface area (Å²) in [4.78, 5) is 53.0. The average Bonchev–Trinajstić information content (AvgIpc) is 3.74. The van der Waals surface area contributed by atoms with Gasteiger partial charge in [-0.05, 0) is 53.9 Å². The Hall–Kier alpha value is -5.68. The van der Waals surface area contributed by atoms with E-state index in [2.05, 4.69) is 20.9 Å². The van der Waals surface area contributed by atoms with Crippen molar-refractivity contribution in [1.29, 1.82) is 0 Å². The van der Waals surface area contributed by atoms with Crippen LogP contribution >= 0.6 is 0 Å². The van der Waals surface area contributed by atoms with Crippen molar-refractivity contribution >= 4 is 29.4 Å². The molecule has 47 heavy (non-hydrogen) atoms. The number of hydrogen-bond acceptors (Lipinski definition) is 7. The number of nitrogens with one attached hydrogen (secondary N) is 3. The molecule has 0 aromatic heterocycles. The Morgan fingerprint density at radius 1 is 0.809 bits per heavy atom. The third-order valence-electron chi connectivity index (χ3n) is 8.17. The Morgan fingerprint density at radius 2 is 1.49 bits per heavy atom. The maximum absolute atomic E-state index is 13.6. The fraction of sp³-hybridized carbons (Fsp3) is 0.222. The molecule has 4 N–H and O–H groups in total. The molecule has 4 aromatic rings. The van der Waals surface area contributed by atoms with Gasteiger partial charge >= 0.3 is 12.0 Å². The summed E-state index contributed by atoms with van der Waals surface area (Å²) in [5.41, 5.74) is 3.41. The molecule has 2 aliphatic rings. The van der Waals surface area contributed by atoms with Gasteiger partial charge in [-0.1, -0.05) is 60.7 Å². The fourth-order valence-corrected chi connectivity index (χ4v) is 5.71. The number of anilines is 1. The van der Waals surface area contributed by atoms with Crippen LogP contribution in [0.2, 0.25) is 0 Å². The summed E-state index contributed by atoms with van der Waals surface area (Å²) in [6.07, 6.45) is 0.937. The normalized spacial score (nSPS) is 15.9. The number of hydrogen-bond donors (Lipinski definition) is 4. The number of carbonyl (C=O) groups is 4. The van der Waals surface area contributed by atoms with Gasteiger partial charge in [0, 0.05) is 48.9 Å². The highest BCUT2D eigenvalue weighted by Crippen LogP contribution is 2.33. The number of urea groups is 1. The quantitative estimate of drug-likeness (QED) is 0.177. The van der Waals surface area contributed by atoms with E-state index in [9.17, 15) is 19.2 Å². The van der Waals surface area contributed by atoms with Crippen molar-refractivity contribution in [3.8, 4) is 11.5 Å². The Kier molecular flexibility index (Phi) is 9.44. The number of fused-ring (bicyclic) bond motifs is 1. The standard InChI is InChI=1S/C36H34N4O7/c41-33(25-4-2-1-3-5-25)26-9-6-23(7-10-26)18-30(39-36(45)38-28-13-11-27(12-14-28)35(43)44)34(42)37-29-16-17-40(21-29)20-24-8-15-31-32(19-24)47-22-46-31/h1-15,19,29-30H,16-18,20-22H2,(H,37,42)(H,43,44)(H2,38,39,45)/t29-,30-/m0/s1. The summed E-state index contributed by atoms with van der Waals surface area (Å²) in [5, 5.41) is 17.7. The zero-order valence-electron chi connectivity index (χ0n) is 25.5. The van der Waals surface area contributed by atoms with E-state index in [0.717, 1.165) is 35.6 Å². The lowest BCUT2D eigenvalue weighted by atomic mass is 9.99. The maximum Gasteiger partial charge on any atom is 0.335 e. The van der Waals surface area contributed by atoms with Gasteiger partial charge in [0.1, 0.15) is 6.04 Å². The summed E-state index contributed by atoms with van der Waals surface area (Å²) in [7, 11) is 0. The highest BCUT2D eigenvalue weighted by Gasteiger charge is 2.29. The third-order valence-corrected chi connectivity index (χ3v) is 8.17. The number of ketones is 1. The van der Waals surface area contributed by atoms with Gasteiger partial charge in [0.25, 0.3) is 0 Å². The zero-order chi connectivity index (χ0) is 32.8. The van der Waals surface area contributed by atoms with Gasteiger partial charge < -0.3 is 30.5 Å². The van der Waals surface area contributed by atoms with Crippen LogP contribution in [0, 0.1) is 0 Å². The molecule has 0 aliphatic carbocycles. The number of amides is 3. The van der Waals surface area contributed by atoms with Crippen molar-refractivity contribution in [2.75, 3.05) is 25.2 Å². The van der Waals surface area contributed by atoms with E-state index in [1.54, 1.807) is 36.4 Å². The molecule has 1 saturated heterocycles. The van der Waals surface area contributed by atoms with Crippen LogP contribution in [-0.2, 0) is 17.8 Å². The molecule has 11 heteroatoms. The minimum atomic E-state index is -1.07. The predicted octanol–water partition coefficient (Wildman–Crippen LogP) is 4.47. The molecule has 240 valence electrons. The van der Waals surface area contributed by atoms with E-state index in [0.29, 0.717) is 29.9 Å². The van der Waals surface area contributed by atoms with Gasteiger partial charge in [-0.3, -0.25) is 14.5 Å². The predicted molar refractivity (Wildman–Crippen MR) is 174 cm³/mol. The molecule has 2 heterocycles. The van der Waals surface area contributed by atoms with E-state index in [-0.39, 0.29) is 36.5 Å². The van der Waals surface area contributed by atoms with Gasteiger partial charge in [-0.25, -0.2) is 9.59 Å². The highest BCUT2D eigenvalue weighted by atomic mass is 16.7. The van der Waals surface area contributed by atoms with Gasteiger partial charge in [-0.15, -0.1) is 0 Å². The molecule has 2 atom stereocenters. The fourth-order valence-electron chi connectivity index (χ4n) is 5.71. The summed E-state index contributed by atoms with van der Waals surface area (Å²) in [6, 6.07) is 25.9. The molecule has 11 nitrogen and oxygen atoms in total.